The highest BCUT2D eigenvalue weighted by Gasteiger charge is 2.44. The monoisotopic (exact) mass is 545 g/mol. The molecule has 1 aromatic rings. The van der Waals surface area contributed by atoms with Gasteiger partial charge in [-0.2, -0.15) is 0 Å². The predicted octanol–water partition coefficient (Wildman–Crippen LogP) is 4.40. The first-order valence-corrected chi connectivity index (χ1v) is 13.8. The van der Waals surface area contributed by atoms with Crippen molar-refractivity contribution in [3.8, 4) is 0 Å². The van der Waals surface area contributed by atoms with E-state index in [0.29, 0.717) is 51.3 Å². The van der Waals surface area contributed by atoms with Gasteiger partial charge in [0.25, 0.3) is 0 Å². The standard InChI is InChI=1S/C27H42ClF2N3O4/c1-31-17-21(16-19-8-10-20(29)11-9-19)32-26(34)33-13-15-37-24(18-33)27(35,12-3-4-14-36-2)22-6-5-7-23(28)25(22)30/h5-7,19-21,24,31,35H,3-4,8-18H2,1-2H3,(H,32,34)/t19?,20?,21?,24?,27-/m1/s1. The van der Waals surface area contributed by atoms with Gasteiger partial charge in [0.05, 0.1) is 18.2 Å². The van der Waals surface area contributed by atoms with Crippen LogP contribution in [0.1, 0.15) is 56.9 Å². The number of nitrogens with one attached hydrogen (secondary N) is 2. The fourth-order valence-electron chi connectivity index (χ4n) is 5.54. The Labute approximate surface area is 224 Å². The maximum Gasteiger partial charge on any atom is 0.317 e. The van der Waals surface area contributed by atoms with Crippen molar-refractivity contribution in [2.24, 2.45) is 5.92 Å². The number of halogens is 3. The molecule has 1 heterocycles. The quantitative estimate of drug-likeness (QED) is 0.339. The summed E-state index contributed by atoms with van der Waals surface area (Å²) in [5, 5.41) is 18.0. The number of carbonyl (C=O) groups is 1. The van der Waals surface area contributed by atoms with Crippen LogP contribution in [-0.4, -0.2) is 81.4 Å². The lowest BCUT2D eigenvalue weighted by Gasteiger charge is -2.43. The number of morpholine rings is 1. The molecule has 0 aromatic heterocycles. The zero-order valence-electron chi connectivity index (χ0n) is 22.0. The summed E-state index contributed by atoms with van der Waals surface area (Å²) < 4.78 is 39.7. The van der Waals surface area contributed by atoms with E-state index in [4.69, 9.17) is 21.1 Å². The number of ether oxygens (including phenoxy) is 2. The Hall–Kier alpha value is -1.52. The highest BCUT2D eigenvalue weighted by atomic mass is 35.5. The lowest BCUT2D eigenvalue weighted by atomic mass is 9.82. The molecule has 1 aliphatic carbocycles. The second-order valence-electron chi connectivity index (χ2n) is 10.3. The van der Waals surface area contributed by atoms with E-state index in [2.05, 4.69) is 10.6 Å². The van der Waals surface area contributed by atoms with Crippen LogP contribution in [0.25, 0.3) is 0 Å². The Balaban J connectivity index is 1.70. The normalized spacial score (nSPS) is 24.9. The average Bonchev–Trinajstić information content (AvgIpc) is 2.89. The topological polar surface area (TPSA) is 83.1 Å². The third-order valence-electron chi connectivity index (χ3n) is 7.63. The second kappa shape index (κ2) is 14.6. The second-order valence-corrected chi connectivity index (χ2v) is 10.7. The van der Waals surface area contributed by atoms with E-state index in [1.807, 2.05) is 7.05 Å². The Morgan fingerprint density at radius 1 is 1.32 bits per heavy atom. The van der Waals surface area contributed by atoms with Gasteiger partial charge >= 0.3 is 6.03 Å². The van der Waals surface area contributed by atoms with Gasteiger partial charge in [-0.1, -0.05) is 23.7 Å². The first-order valence-electron chi connectivity index (χ1n) is 13.4. The van der Waals surface area contributed by atoms with Crippen molar-refractivity contribution in [2.45, 2.75) is 75.3 Å². The summed E-state index contributed by atoms with van der Waals surface area (Å²) in [5.41, 5.74) is -1.60. The van der Waals surface area contributed by atoms with Gasteiger partial charge in [-0.15, -0.1) is 0 Å². The Kier molecular flexibility index (Phi) is 11.8. The molecule has 0 bridgehead atoms. The highest BCUT2D eigenvalue weighted by Crippen LogP contribution is 2.38. The first-order chi connectivity index (χ1) is 17.8. The van der Waals surface area contributed by atoms with Gasteiger partial charge in [-0.3, -0.25) is 0 Å². The molecule has 37 heavy (non-hydrogen) atoms. The summed E-state index contributed by atoms with van der Waals surface area (Å²) in [6.07, 6.45) is 3.56. The van der Waals surface area contributed by atoms with Gasteiger partial charge in [0, 0.05) is 38.4 Å². The minimum Gasteiger partial charge on any atom is -0.385 e. The molecule has 3 atom stereocenters. The molecule has 10 heteroatoms. The summed E-state index contributed by atoms with van der Waals surface area (Å²) in [5.74, 6) is -0.299. The van der Waals surface area contributed by atoms with Crippen molar-refractivity contribution in [1.29, 1.82) is 0 Å². The van der Waals surface area contributed by atoms with Crippen molar-refractivity contribution >= 4 is 17.6 Å². The van der Waals surface area contributed by atoms with Crippen molar-refractivity contribution in [2.75, 3.05) is 47.0 Å². The molecule has 7 nitrogen and oxygen atoms in total. The van der Waals surface area contributed by atoms with Crippen LogP contribution in [0.5, 0.6) is 0 Å². The molecule has 2 unspecified atom stereocenters. The van der Waals surface area contributed by atoms with E-state index >= 15 is 4.39 Å². The third-order valence-corrected chi connectivity index (χ3v) is 7.92. The van der Waals surface area contributed by atoms with Gasteiger partial charge < -0.3 is 30.1 Å². The van der Waals surface area contributed by atoms with Gasteiger partial charge in [-0.25, -0.2) is 13.6 Å². The molecule has 1 saturated heterocycles. The average molecular weight is 546 g/mol. The minimum atomic E-state index is -1.67. The van der Waals surface area contributed by atoms with E-state index in [-0.39, 0.29) is 42.2 Å². The fraction of sp³-hybridized carbons (Fsp3) is 0.741. The zero-order chi connectivity index (χ0) is 26.8. The molecule has 2 aliphatic rings. The van der Waals surface area contributed by atoms with E-state index < -0.39 is 23.7 Å². The van der Waals surface area contributed by atoms with Crippen LogP contribution in [0, 0.1) is 11.7 Å². The predicted molar refractivity (Wildman–Crippen MR) is 140 cm³/mol. The number of nitrogens with zero attached hydrogens (tertiary/aromatic N) is 1. The van der Waals surface area contributed by atoms with Gasteiger partial charge in [0.2, 0.25) is 0 Å². The minimum absolute atomic E-state index is 0.0706. The third kappa shape index (κ3) is 8.23. The maximum atomic E-state index is 15.1. The molecule has 1 aliphatic heterocycles. The van der Waals surface area contributed by atoms with Crippen LogP contribution in [0.2, 0.25) is 5.02 Å². The van der Waals surface area contributed by atoms with E-state index in [1.54, 1.807) is 18.1 Å². The largest absolute Gasteiger partial charge is 0.385 e. The van der Waals surface area contributed by atoms with Crippen LogP contribution in [-0.2, 0) is 15.1 Å². The number of hydrogen-bond donors (Lipinski definition) is 3. The number of urea groups is 1. The molecule has 1 saturated carbocycles. The molecule has 210 valence electrons. The molecule has 3 N–H and O–H groups in total. The first kappa shape index (κ1) is 30.0. The summed E-state index contributed by atoms with van der Waals surface area (Å²) >= 11 is 6.05. The highest BCUT2D eigenvalue weighted by molar-refractivity contribution is 6.30. The smallest absolute Gasteiger partial charge is 0.317 e. The molecule has 1 aromatic carbocycles. The van der Waals surface area contributed by atoms with Crippen LogP contribution in [0.4, 0.5) is 13.6 Å². The molecular formula is C27H42ClF2N3O4. The van der Waals surface area contributed by atoms with Crippen molar-refractivity contribution in [1.82, 2.24) is 15.5 Å². The number of amides is 2. The summed E-state index contributed by atoms with van der Waals surface area (Å²) in [6.45, 7) is 1.81. The van der Waals surface area contributed by atoms with E-state index in [9.17, 15) is 14.3 Å². The Bertz CT molecular complexity index is 859. The molecule has 0 spiro atoms. The number of alkyl halides is 1. The van der Waals surface area contributed by atoms with E-state index in [0.717, 1.165) is 19.3 Å². The summed E-state index contributed by atoms with van der Waals surface area (Å²) in [4.78, 5) is 14.9. The number of methoxy groups -OCH3 is 1. The summed E-state index contributed by atoms with van der Waals surface area (Å²) in [7, 11) is 3.45. The van der Waals surface area contributed by atoms with Crippen LogP contribution < -0.4 is 10.6 Å². The Morgan fingerprint density at radius 3 is 2.78 bits per heavy atom. The van der Waals surface area contributed by atoms with Crippen molar-refractivity contribution in [3.63, 3.8) is 0 Å². The van der Waals surface area contributed by atoms with Crippen molar-refractivity contribution < 1.29 is 28.2 Å². The number of aliphatic hydroxyl groups is 1. The fourth-order valence-corrected chi connectivity index (χ4v) is 5.71. The van der Waals surface area contributed by atoms with Gasteiger partial charge in [0.1, 0.15) is 23.7 Å². The van der Waals surface area contributed by atoms with Crippen LogP contribution in [0.3, 0.4) is 0 Å². The molecular weight excluding hydrogens is 504 g/mol. The number of unbranched alkanes of at least 4 members (excludes halogenated alkanes) is 1. The lowest BCUT2D eigenvalue weighted by molar-refractivity contribution is -0.147. The molecule has 0 radical (unpaired) electrons. The number of likely N-dealkylation sites (N-methyl/N-ethyl adjacent to an activating group) is 1. The number of benzene rings is 1. The molecule has 2 fully saturated rings. The van der Waals surface area contributed by atoms with Crippen LogP contribution in [0.15, 0.2) is 18.2 Å². The number of carbonyl (C=O) groups excluding carboxylic acids is 1. The Morgan fingerprint density at radius 2 is 2.08 bits per heavy atom. The van der Waals surface area contributed by atoms with Crippen LogP contribution >= 0.6 is 11.6 Å². The summed E-state index contributed by atoms with van der Waals surface area (Å²) in [6, 6.07) is 4.22. The lowest BCUT2D eigenvalue weighted by Crippen LogP contribution is -2.58. The zero-order valence-corrected chi connectivity index (χ0v) is 22.7. The van der Waals surface area contributed by atoms with Gasteiger partial charge in [0.15, 0.2) is 0 Å². The number of rotatable bonds is 12. The van der Waals surface area contributed by atoms with Gasteiger partial charge in [-0.05, 0) is 70.4 Å². The molecule has 3 rings (SSSR count). The SMILES string of the molecule is CNCC(CC1CCC(F)CC1)NC(=O)N1CCOC([C@@](O)(CCCCOC)c2cccc(Cl)c2F)C1. The number of hydrogen-bond acceptors (Lipinski definition) is 5. The molecule has 2 amide bonds. The van der Waals surface area contributed by atoms with Crippen molar-refractivity contribution in [3.05, 3.63) is 34.6 Å². The van der Waals surface area contributed by atoms with E-state index in [1.165, 1.54) is 12.1 Å². The maximum absolute atomic E-state index is 15.1.